The Morgan fingerprint density at radius 1 is 1.33 bits per heavy atom. The first-order valence-electron chi connectivity index (χ1n) is 4.97. The molecule has 1 aliphatic heterocycles. The van der Waals surface area contributed by atoms with Crippen molar-refractivity contribution in [2.24, 2.45) is 0 Å². The first-order valence-corrected chi connectivity index (χ1v) is 5.84. The van der Waals surface area contributed by atoms with Crippen LogP contribution in [0, 0.1) is 0 Å². The van der Waals surface area contributed by atoms with E-state index in [0.29, 0.717) is 13.2 Å². The summed E-state index contributed by atoms with van der Waals surface area (Å²) in [5.74, 6) is 1.61. The van der Waals surface area contributed by atoms with Crippen LogP contribution in [0.15, 0.2) is 23.1 Å². The lowest BCUT2D eigenvalue weighted by atomic mass is 10.3. The van der Waals surface area contributed by atoms with Crippen molar-refractivity contribution in [3.8, 4) is 11.5 Å². The van der Waals surface area contributed by atoms with E-state index >= 15 is 0 Å². The SMILES string of the molecule is CC(CO)Sc1ccc2c(c1)OCCO2. The maximum Gasteiger partial charge on any atom is 0.162 e. The van der Waals surface area contributed by atoms with Gasteiger partial charge in [0.1, 0.15) is 13.2 Å². The molecule has 1 unspecified atom stereocenters. The first-order chi connectivity index (χ1) is 7.29. The molecule has 1 atom stereocenters. The summed E-state index contributed by atoms with van der Waals surface area (Å²) in [5, 5.41) is 9.16. The summed E-state index contributed by atoms with van der Waals surface area (Å²) in [6, 6.07) is 5.87. The fourth-order valence-corrected chi connectivity index (χ4v) is 2.23. The molecule has 0 aromatic heterocycles. The topological polar surface area (TPSA) is 38.7 Å². The van der Waals surface area contributed by atoms with Gasteiger partial charge in [-0.05, 0) is 18.2 Å². The molecule has 0 saturated heterocycles. The Morgan fingerprint density at radius 3 is 2.80 bits per heavy atom. The number of fused-ring (bicyclic) bond motifs is 1. The minimum absolute atomic E-state index is 0.180. The monoisotopic (exact) mass is 226 g/mol. The van der Waals surface area contributed by atoms with E-state index in [1.807, 2.05) is 25.1 Å². The largest absolute Gasteiger partial charge is 0.486 e. The average Bonchev–Trinajstić information content (AvgIpc) is 2.29. The zero-order valence-electron chi connectivity index (χ0n) is 8.60. The molecule has 3 nitrogen and oxygen atoms in total. The van der Waals surface area contributed by atoms with Gasteiger partial charge in [-0.25, -0.2) is 0 Å². The third-order valence-electron chi connectivity index (χ3n) is 2.11. The quantitative estimate of drug-likeness (QED) is 0.799. The lowest BCUT2D eigenvalue weighted by Crippen LogP contribution is -2.15. The smallest absolute Gasteiger partial charge is 0.162 e. The minimum Gasteiger partial charge on any atom is -0.486 e. The highest BCUT2D eigenvalue weighted by atomic mass is 32.2. The Balaban J connectivity index is 2.13. The number of hydrogen-bond acceptors (Lipinski definition) is 4. The molecule has 4 heteroatoms. The van der Waals surface area contributed by atoms with Crippen molar-refractivity contribution in [2.75, 3.05) is 19.8 Å². The predicted molar refractivity (Wildman–Crippen MR) is 59.8 cm³/mol. The number of rotatable bonds is 3. The highest BCUT2D eigenvalue weighted by Crippen LogP contribution is 2.35. The summed E-state index contributed by atoms with van der Waals surface area (Å²) in [6.07, 6.45) is 0. The molecule has 0 bridgehead atoms. The number of ether oxygens (including phenoxy) is 2. The van der Waals surface area contributed by atoms with Crippen LogP contribution in [-0.4, -0.2) is 30.2 Å². The van der Waals surface area contributed by atoms with Gasteiger partial charge in [-0.1, -0.05) is 6.92 Å². The Bertz CT molecular complexity index is 341. The Hall–Kier alpha value is -0.870. The van der Waals surface area contributed by atoms with Crippen LogP contribution in [0.2, 0.25) is 0 Å². The fraction of sp³-hybridized carbons (Fsp3) is 0.455. The van der Waals surface area contributed by atoms with Crippen LogP contribution in [0.25, 0.3) is 0 Å². The Labute approximate surface area is 93.4 Å². The van der Waals surface area contributed by atoms with Crippen molar-refractivity contribution >= 4 is 11.8 Å². The molecule has 15 heavy (non-hydrogen) atoms. The van der Waals surface area contributed by atoms with E-state index < -0.39 is 0 Å². The lowest BCUT2D eigenvalue weighted by Gasteiger charge is -2.19. The average molecular weight is 226 g/mol. The molecule has 0 amide bonds. The maximum atomic E-state index is 8.96. The van der Waals surface area contributed by atoms with Gasteiger partial charge >= 0.3 is 0 Å². The zero-order valence-corrected chi connectivity index (χ0v) is 9.42. The fourth-order valence-electron chi connectivity index (χ4n) is 1.37. The van der Waals surface area contributed by atoms with Gasteiger partial charge in [-0.2, -0.15) is 0 Å². The third-order valence-corrected chi connectivity index (χ3v) is 3.19. The van der Waals surface area contributed by atoms with Crippen LogP contribution in [-0.2, 0) is 0 Å². The van der Waals surface area contributed by atoms with Crippen molar-refractivity contribution in [3.05, 3.63) is 18.2 Å². The highest BCUT2D eigenvalue weighted by molar-refractivity contribution is 8.00. The van der Waals surface area contributed by atoms with Crippen LogP contribution in [0.1, 0.15) is 6.92 Å². The van der Waals surface area contributed by atoms with Gasteiger partial charge in [0.15, 0.2) is 11.5 Å². The van der Waals surface area contributed by atoms with Gasteiger partial charge in [-0.3, -0.25) is 0 Å². The van der Waals surface area contributed by atoms with Gasteiger partial charge in [-0.15, -0.1) is 11.8 Å². The Kier molecular flexibility index (Phi) is 3.38. The van der Waals surface area contributed by atoms with Crippen molar-refractivity contribution in [3.63, 3.8) is 0 Å². The van der Waals surface area contributed by atoms with E-state index in [0.717, 1.165) is 16.4 Å². The van der Waals surface area contributed by atoms with Crippen LogP contribution in [0.5, 0.6) is 11.5 Å². The molecule has 0 aliphatic carbocycles. The van der Waals surface area contributed by atoms with Gasteiger partial charge in [0.25, 0.3) is 0 Å². The standard InChI is InChI=1S/C11H14O3S/c1-8(7-12)15-9-2-3-10-11(6-9)14-5-4-13-10/h2-3,6,8,12H,4-5,7H2,1H3. The van der Waals surface area contributed by atoms with E-state index in [2.05, 4.69) is 0 Å². The van der Waals surface area contributed by atoms with E-state index in [9.17, 15) is 0 Å². The van der Waals surface area contributed by atoms with E-state index in [1.54, 1.807) is 11.8 Å². The molecule has 0 radical (unpaired) electrons. The summed E-state index contributed by atoms with van der Waals surface area (Å²) in [4.78, 5) is 1.10. The molecule has 1 heterocycles. The van der Waals surface area contributed by atoms with E-state index in [1.165, 1.54) is 0 Å². The van der Waals surface area contributed by atoms with E-state index in [-0.39, 0.29) is 11.9 Å². The molecule has 1 N–H and O–H groups in total. The van der Waals surface area contributed by atoms with Gasteiger partial charge < -0.3 is 14.6 Å². The number of benzene rings is 1. The molecule has 0 spiro atoms. The summed E-state index contributed by atoms with van der Waals surface area (Å²) in [7, 11) is 0. The normalized spacial score (nSPS) is 16.1. The minimum atomic E-state index is 0.180. The highest BCUT2D eigenvalue weighted by Gasteiger charge is 2.12. The Morgan fingerprint density at radius 2 is 2.07 bits per heavy atom. The molecular formula is C11H14O3S. The zero-order chi connectivity index (χ0) is 10.7. The summed E-state index contributed by atoms with van der Waals surface area (Å²) in [5.41, 5.74) is 0. The predicted octanol–water partition coefficient (Wildman–Crippen LogP) is 1.93. The second-order valence-electron chi connectivity index (χ2n) is 3.42. The maximum absolute atomic E-state index is 8.96. The van der Waals surface area contributed by atoms with Crippen molar-refractivity contribution in [1.29, 1.82) is 0 Å². The van der Waals surface area contributed by atoms with Crippen LogP contribution in [0.3, 0.4) is 0 Å². The van der Waals surface area contributed by atoms with Crippen LogP contribution >= 0.6 is 11.8 Å². The van der Waals surface area contributed by atoms with Crippen LogP contribution in [0.4, 0.5) is 0 Å². The van der Waals surface area contributed by atoms with Gasteiger partial charge in [0.05, 0.1) is 6.61 Å². The second kappa shape index (κ2) is 4.77. The van der Waals surface area contributed by atoms with Crippen molar-refractivity contribution in [1.82, 2.24) is 0 Å². The number of aliphatic hydroxyl groups is 1. The molecule has 0 fully saturated rings. The molecule has 1 aliphatic rings. The van der Waals surface area contributed by atoms with Gasteiger partial charge in [0.2, 0.25) is 0 Å². The molecule has 2 rings (SSSR count). The third kappa shape index (κ3) is 2.58. The molecule has 1 aromatic rings. The van der Waals surface area contributed by atoms with Gasteiger partial charge in [0, 0.05) is 10.1 Å². The number of aliphatic hydroxyl groups excluding tert-OH is 1. The summed E-state index contributed by atoms with van der Waals surface area (Å²) < 4.78 is 10.9. The van der Waals surface area contributed by atoms with Crippen LogP contribution < -0.4 is 9.47 Å². The number of hydrogen-bond donors (Lipinski definition) is 1. The molecule has 1 aromatic carbocycles. The first kappa shape index (κ1) is 10.6. The lowest BCUT2D eigenvalue weighted by molar-refractivity contribution is 0.171. The van der Waals surface area contributed by atoms with E-state index in [4.69, 9.17) is 14.6 Å². The van der Waals surface area contributed by atoms with Crippen molar-refractivity contribution < 1.29 is 14.6 Å². The number of thioether (sulfide) groups is 1. The summed E-state index contributed by atoms with van der Waals surface area (Å²) in [6.45, 7) is 3.39. The second-order valence-corrected chi connectivity index (χ2v) is 4.93. The molecule has 82 valence electrons. The summed E-state index contributed by atoms with van der Waals surface area (Å²) >= 11 is 1.63. The molecular weight excluding hydrogens is 212 g/mol. The molecule has 0 saturated carbocycles. The van der Waals surface area contributed by atoms with Crippen molar-refractivity contribution in [2.45, 2.75) is 17.1 Å².